The van der Waals surface area contributed by atoms with Gasteiger partial charge in [0.25, 0.3) is 0 Å². The number of H-pyrrole nitrogens is 1. The maximum absolute atomic E-state index is 12.4. The molecule has 52 heavy (non-hydrogen) atoms. The van der Waals surface area contributed by atoms with Crippen molar-refractivity contribution in [3.8, 4) is 0 Å². The van der Waals surface area contributed by atoms with E-state index in [0.717, 1.165) is 35.2 Å². The molecule has 1 saturated heterocycles. The van der Waals surface area contributed by atoms with Crippen LogP contribution in [0.2, 0.25) is 0 Å². The lowest BCUT2D eigenvalue weighted by Gasteiger charge is -2.22. The van der Waals surface area contributed by atoms with Gasteiger partial charge in [-0.05, 0) is 94.2 Å². The number of nitrogens with zero attached hydrogens (tertiary/aromatic N) is 1. The number of para-hydroxylation sites is 1. The number of unbranched alkanes of at least 4 members (excludes halogenated alkanes) is 3. The largest absolute Gasteiger partial charge is 0.416 e. The summed E-state index contributed by atoms with van der Waals surface area (Å²) in [6, 6.07) is 11.4. The lowest BCUT2D eigenvalue weighted by molar-refractivity contribution is -0.137. The number of likely N-dealkylation sites (tertiary alicyclic amines) is 1. The van der Waals surface area contributed by atoms with E-state index in [1.54, 1.807) is 6.92 Å². The predicted molar refractivity (Wildman–Crippen MR) is 196 cm³/mol. The number of aromatic nitrogens is 1. The quantitative estimate of drug-likeness (QED) is 0.131. The third-order valence-corrected chi connectivity index (χ3v) is 12.3. The number of rotatable bonds is 12. The predicted octanol–water partition coefficient (Wildman–Crippen LogP) is 5.94. The Morgan fingerprint density at radius 1 is 1.10 bits per heavy atom. The van der Waals surface area contributed by atoms with Crippen LogP contribution < -0.4 is 20.6 Å². The Kier molecular flexibility index (Phi) is 13.7. The molecule has 0 spiro atoms. The van der Waals surface area contributed by atoms with Gasteiger partial charge < -0.3 is 20.9 Å². The van der Waals surface area contributed by atoms with Crippen LogP contribution in [0.5, 0.6) is 0 Å². The first-order valence-corrected chi connectivity index (χ1v) is 19.7. The van der Waals surface area contributed by atoms with Crippen LogP contribution in [0.25, 0.3) is 10.2 Å². The lowest BCUT2D eigenvalue weighted by atomic mass is 10.2. The van der Waals surface area contributed by atoms with E-state index in [1.165, 1.54) is 47.6 Å². The van der Waals surface area contributed by atoms with Gasteiger partial charge in [0.1, 0.15) is 6.04 Å². The van der Waals surface area contributed by atoms with Crippen LogP contribution in [0.15, 0.2) is 65.5 Å². The van der Waals surface area contributed by atoms with Crippen LogP contribution in [-0.4, -0.2) is 59.9 Å². The molecule has 0 bridgehead atoms. The van der Waals surface area contributed by atoms with E-state index in [0.29, 0.717) is 37.9 Å². The van der Waals surface area contributed by atoms with E-state index in [1.807, 2.05) is 24.3 Å². The zero-order valence-electron chi connectivity index (χ0n) is 29.2. The highest BCUT2D eigenvalue weighted by atomic mass is 32.2. The number of nitrogens with two attached hydrogens (primary N) is 1. The molecule has 6 rings (SSSR count). The average Bonchev–Trinajstić information content (AvgIpc) is 3.94. The number of primary amides is 1. The minimum atomic E-state index is -4.39. The van der Waals surface area contributed by atoms with Crippen LogP contribution in [0.1, 0.15) is 77.2 Å². The summed E-state index contributed by atoms with van der Waals surface area (Å²) in [7, 11) is -3.47. The van der Waals surface area contributed by atoms with Crippen molar-refractivity contribution in [2.75, 3.05) is 18.4 Å². The van der Waals surface area contributed by atoms with E-state index in [2.05, 4.69) is 34.1 Å². The molecule has 3 unspecified atom stereocenters. The first-order valence-electron chi connectivity index (χ1n) is 17.4. The molecular formula is C36H46F3N5O6S2. The number of carbonyl (C=O) groups is 3. The summed E-state index contributed by atoms with van der Waals surface area (Å²) in [6.45, 7) is 4.22. The third kappa shape index (κ3) is 11.4. The highest BCUT2D eigenvalue weighted by Gasteiger charge is 2.52. The number of hydrogen-bond donors (Lipinski definition) is 4. The normalized spacial score (nSPS) is 20.3. The molecule has 16 heteroatoms. The standard InChI is InChI=1S/C15H25NO3S.C14H16F3N3O2.C7H5NOS/c1-3-4-5-6-7-8-12-11-13(12)14(17)16-20(18,19)15(2)9-10-15;15-14(16,17)9-3-5-10(6-4-9)19-8-12(21)20-7-1-2-11(20)13(18)22;9-7-8-5-3-1-2-4-6(5)10-7/h7-8,12-13H,3-6,9-11H2,1-2H3,(H,16,17);3-6,11,19H,1-2,7-8H2,(H2,18,22);1-4H,(H,8,9)/b8-7-;;. The number of amides is 3. The third-order valence-electron chi connectivity index (χ3n) is 9.26. The number of allylic oxidation sites excluding steroid dienone is 2. The molecule has 2 aliphatic carbocycles. The van der Waals surface area contributed by atoms with Crippen LogP contribution >= 0.6 is 11.3 Å². The highest BCUT2D eigenvalue weighted by Crippen LogP contribution is 2.44. The lowest BCUT2D eigenvalue weighted by Crippen LogP contribution is -2.45. The number of anilines is 1. The number of carbonyl (C=O) groups excluding carboxylic acids is 3. The number of halogens is 3. The SMILES string of the molecule is CCCCC/C=C\C1CC1C(=O)NS(=O)(=O)C1(C)CC1.NC(=O)C1CCCN1C(=O)CNc1ccc(C(F)(F)F)cc1.O=c1[nH]c2ccccc2s1. The summed E-state index contributed by atoms with van der Waals surface area (Å²) < 4.78 is 63.8. The van der Waals surface area contributed by atoms with Crippen molar-refractivity contribution in [1.29, 1.82) is 0 Å². The maximum Gasteiger partial charge on any atom is 0.416 e. The van der Waals surface area contributed by atoms with Gasteiger partial charge in [-0.1, -0.05) is 55.4 Å². The van der Waals surface area contributed by atoms with Gasteiger partial charge in [0.05, 0.1) is 27.1 Å². The first-order chi connectivity index (χ1) is 24.5. The Morgan fingerprint density at radius 3 is 2.40 bits per heavy atom. The summed E-state index contributed by atoms with van der Waals surface area (Å²) in [6.07, 6.45) is 7.83. The van der Waals surface area contributed by atoms with E-state index < -0.39 is 38.5 Å². The highest BCUT2D eigenvalue weighted by molar-refractivity contribution is 7.91. The van der Waals surface area contributed by atoms with Crippen LogP contribution in [0.3, 0.4) is 0 Å². The summed E-state index contributed by atoms with van der Waals surface area (Å²) in [5.41, 5.74) is 5.81. The summed E-state index contributed by atoms with van der Waals surface area (Å²) in [4.78, 5) is 50.1. The number of thiazole rings is 1. The number of alkyl halides is 3. The van der Waals surface area contributed by atoms with Crippen molar-refractivity contribution < 1.29 is 36.0 Å². The van der Waals surface area contributed by atoms with Gasteiger partial charge in [-0.25, -0.2) is 8.42 Å². The summed E-state index contributed by atoms with van der Waals surface area (Å²) in [5.74, 6) is -1.07. The van der Waals surface area contributed by atoms with E-state index in [-0.39, 0.29) is 35.1 Å². The fraction of sp³-hybridized carbons (Fsp3) is 0.500. The molecule has 3 atom stereocenters. The molecule has 5 N–H and O–H groups in total. The minimum Gasteiger partial charge on any atom is -0.376 e. The number of nitrogens with one attached hydrogen (secondary N) is 3. The number of sulfonamides is 1. The molecular weight excluding hydrogens is 720 g/mol. The molecule has 3 aromatic rings. The topological polar surface area (TPSA) is 172 Å². The van der Waals surface area contributed by atoms with Crippen molar-refractivity contribution in [2.24, 2.45) is 17.6 Å². The Labute approximate surface area is 305 Å². The second-order valence-electron chi connectivity index (χ2n) is 13.4. The van der Waals surface area contributed by atoms with Crippen LogP contribution in [-0.2, 0) is 30.6 Å². The number of aromatic amines is 1. The average molecular weight is 766 g/mol. The van der Waals surface area contributed by atoms with Crippen LogP contribution in [0.4, 0.5) is 18.9 Å². The molecule has 1 aliphatic heterocycles. The van der Waals surface area contributed by atoms with E-state index in [4.69, 9.17) is 5.73 Å². The zero-order valence-corrected chi connectivity index (χ0v) is 30.8. The van der Waals surface area contributed by atoms with Crippen molar-refractivity contribution in [3.05, 3.63) is 75.9 Å². The van der Waals surface area contributed by atoms with Gasteiger partial charge >= 0.3 is 11.0 Å². The van der Waals surface area contributed by atoms with Gasteiger partial charge in [-0.15, -0.1) is 0 Å². The smallest absolute Gasteiger partial charge is 0.376 e. The van der Waals surface area contributed by atoms with E-state index >= 15 is 0 Å². The summed E-state index contributed by atoms with van der Waals surface area (Å²) >= 11 is 1.24. The number of hydrogen-bond acceptors (Lipinski definition) is 8. The van der Waals surface area contributed by atoms with Gasteiger partial charge in [0.15, 0.2) is 0 Å². The Bertz CT molecular complexity index is 1850. The Morgan fingerprint density at radius 2 is 1.79 bits per heavy atom. The molecule has 2 saturated carbocycles. The molecule has 2 heterocycles. The number of fused-ring (bicyclic) bond motifs is 1. The monoisotopic (exact) mass is 765 g/mol. The second kappa shape index (κ2) is 17.6. The van der Waals surface area contributed by atoms with Crippen molar-refractivity contribution in [3.63, 3.8) is 0 Å². The van der Waals surface area contributed by atoms with Crippen LogP contribution in [0, 0.1) is 11.8 Å². The Balaban J connectivity index is 0.000000185. The molecule has 11 nitrogen and oxygen atoms in total. The molecule has 3 fully saturated rings. The molecule has 0 radical (unpaired) electrons. The van der Waals surface area contributed by atoms with Gasteiger partial charge in [0.2, 0.25) is 27.7 Å². The van der Waals surface area contributed by atoms with Crippen molar-refractivity contribution >= 4 is 55.0 Å². The summed E-state index contributed by atoms with van der Waals surface area (Å²) in [5, 5.41) is 2.75. The molecule has 3 aliphatic rings. The van der Waals surface area contributed by atoms with Gasteiger partial charge in [0, 0.05) is 18.2 Å². The second-order valence-corrected chi connectivity index (χ2v) is 16.6. The van der Waals surface area contributed by atoms with Gasteiger partial charge in [-0.3, -0.25) is 23.9 Å². The molecule has 284 valence electrons. The van der Waals surface area contributed by atoms with Crippen molar-refractivity contribution in [1.82, 2.24) is 14.6 Å². The first kappa shape index (κ1) is 40.6. The number of benzene rings is 2. The van der Waals surface area contributed by atoms with E-state index in [9.17, 15) is 40.8 Å². The Hall–Kier alpha value is -4.18. The molecule has 1 aromatic heterocycles. The van der Waals surface area contributed by atoms with Gasteiger partial charge in [-0.2, -0.15) is 13.2 Å². The molecule has 2 aromatic carbocycles. The fourth-order valence-corrected chi connectivity index (χ4v) is 7.64. The minimum absolute atomic E-state index is 0.0150. The fourth-order valence-electron chi connectivity index (χ4n) is 5.60. The maximum atomic E-state index is 12.4. The zero-order chi connectivity index (χ0) is 38.1. The van der Waals surface area contributed by atoms with Crippen molar-refractivity contribution in [2.45, 2.75) is 88.6 Å². The molecule has 3 amide bonds.